The Morgan fingerprint density at radius 1 is 1.04 bits per heavy atom. The summed E-state index contributed by atoms with van der Waals surface area (Å²) < 4.78 is 5.68. The van der Waals surface area contributed by atoms with Crippen LogP contribution in [0.5, 0.6) is 5.75 Å². The van der Waals surface area contributed by atoms with Crippen molar-refractivity contribution in [1.82, 2.24) is 10.6 Å². The van der Waals surface area contributed by atoms with Gasteiger partial charge in [0.25, 0.3) is 0 Å². The van der Waals surface area contributed by atoms with Crippen LogP contribution in [-0.4, -0.2) is 32.7 Å². The van der Waals surface area contributed by atoms with Gasteiger partial charge in [0.05, 0.1) is 0 Å². The number of hydrogen-bond acceptors (Lipinski definition) is 3. The summed E-state index contributed by atoms with van der Waals surface area (Å²) in [6.07, 6.45) is 2.74. The maximum atomic E-state index is 5.68. The Hall–Kier alpha value is -2.95. The molecular weight excluding hydrogens is 324 g/mol. The van der Waals surface area contributed by atoms with Crippen molar-refractivity contribution < 1.29 is 4.74 Å². The lowest BCUT2D eigenvalue weighted by atomic mass is 10.2. The van der Waals surface area contributed by atoms with Crippen molar-refractivity contribution >= 4 is 11.6 Å². The topological polar surface area (TPSA) is 57.7 Å². The van der Waals surface area contributed by atoms with E-state index in [-0.39, 0.29) is 0 Å². The summed E-state index contributed by atoms with van der Waals surface area (Å²) in [7, 11) is 1.78. The first kappa shape index (κ1) is 19.4. The summed E-state index contributed by atoms with van der Waals surface area (Å²) in [5.74, 6) is 1.64. The minimum atomic E-state index is 0.498. The number of hydrogen-bond donors (Lipinski definition) is 3. The van der Waals surface area contributed by atoms with Crippen molar-refractivity contribution in [3.63, 3.8) is 0 Å². The molecule has 138 valence electrons. The molecule has 0 unspecified atom stereocenters. The van der Waals surface area contributed by atoms with Crippen LogP contribution in [0.1, 0.15) is 12.0 Å². The smallest absolute Gasteiger partial charge is 0.191 e. The predicted molar refractivity (Wildman–Crippen MR) is 110 cm³/mol. The highest BCUT2D eigenvalue weighted by molar-refractivity contribution is 5.79. The number of nitrogens with zero attached hydrogens (tertiary/aromatic N) is 1. The third-order valence-corrected chi connectivity index (χ3v) is 3.75. The molecule has 3 N–H and O–H groups in total. The van der Waals surface area contributed by atoms with Gasteiger partial charge in [-0.1, -0.05) is 49.1 Å². The molecule has 0 spiro atoms. The van der Waals surface area contributed by atoms with Gasteiger partial charge in [-0.2, -0.15) is 0 Å². The third kappa shape index (κ3) is 6.89. The maximum absolute atomic E-state index is 5.68. The number of nitrogens with one attached hydrogen (secondary N) is 3. The Morgan fingerprint density at radius 3 is 2.58 bits per heavy atom. The fourth-order valence-electron chi connectivity index (χ4n) is 2.42. The van der Waals surface area contributed by atoms with Gasteiger partial charge < -0.3 is 20.7 Å². The van der Waals surface area contributed by atoms with E-state index in [9.17, 15) is 0 Å². The minimum Gasteiger partial charge on any atom is -0.489 e. The number of aliphatic imine (C=N–C) groups is 1. The largest absolute Gasteiger partial charge is 0.489 e. The molecule has 0 aromatic heterocycles. The minimum absolute atomic E-state index is 0.498. The normalized spacial score (nSPS) is 10.9. The fourth-order valence-corrected chi connectivity index (χ4v) is 2.42. The standard InChI is InChI=1S/C21H28N4O/c1-3-16-26-20-13-8-7-10-18(20)17-25-21(22-2)24-15-9-14-23-19-11-5-4-6-12-19/h3-8,10-13,23H,1,9,14-17H2,2H3,(H2,22,24,25). The van der Waals surface area contributed by atoms with Gasteiger partial charge in [-0.05, 0) is 24.6 Å². The van der Waals surface area contributed by atoms with E-state index < -0.39 is 0 Å². The number of anilines is 1. The summed E-state index contributed by atoms with van der Waals surface area (Å²) in [5.41, 5.74) is 2.23. The van der Waals surface area contributed by atoms with Crippen LogP contribution in [0.15, 0.2) is 72.2 Å². The first-order valence-electron chi connectivity index (χ1n) is 8.88. The molecule has 0 saturated heterocycles. The number of benzene rings is 2. The first-order valence-corrected chi connectivity index (χ1v) is 8.88. The van der Waals surface area contributed by atoms with Crippen molar-refractivity contribution in [2.24, 2.45) is 4.99 Å². The molecule has 5 heteroatoms. The highest BCUT2D eigenvalue weighted by Crippen LogP contribution is 2.17. The molecule has 0 radical (unpaired) electrons. The van der Waals surface area contributed by atoms with Crippen LogP contribution in [0.25, 0.3) is 0 Å². The Bertz CT molecular complexity index is 685. The van der Waals surface area contributed by atoms with Crippen molar-refractivity contribution in [2.45, 2.75) is 13.0 Å². The molecule has 0 fully saturated rings. The van der Waals surface area contributed by atoms with Gasteiger partial charge in [-0.15, -0.1) is 0 Å². The molecule has 0 aliphatic rings. The van der Waals surface area contributed by atoms with E-state index in [4.69, 9.17) is 4.74 Å². The van der Waals surface area contributed by atoms with Crippen LogP contribution in [0, 0.1) is 0 Å². The number of guanidine groups is 1. The van der Waals surface area contributed by atoms with E-state index >= 15 is 0 Å². The Labute approximate surface area is 156 Å². The molecular formula is C21H28N4O. The zero-order valence-electron chi connectivity index (χ0n) is 15.4. The molecule has 0 saturated carbocycles. The van der Waals surface area contributed by atoms with E-state index in [2.05, 4.69) is 39.7 Å². The third-order valence-electron chi connectivity index (χ3n) is 3.75. The van der Waals surface area contributed by atoms with E-state index in [0.717, 1.165) is 42.5 Å². The lowest BCUT2D eigenvalue weighted by Crippen LogP contribution is -2.37. The van der Waals surface area contributed by atoms with Crippen LogP contribution < -0.4 is 20.7 Å². The van der Waals surface area contributed by atoms with Crippen LogP contribution in [0.2, 0.25) is 0 Å². The lowest BCUT2D eigenvalue weighted by molar-refractivity contribution is 0.358. The van der Waals surface area contributed by atoms with Gasteiger partial charge in [0.1, 0.15) is 12.4 Å². The van der Waals surface area contributed by atoms with Gasteiger partial charge in [-0.25, -0.2) is 0 Å². The van der Waals surface area contributed by atoms with Gasteiger partial charge in [0.15, 0.2) is 5.96 Å². The first-order chi connectivity index (χ1) is 12.8. The number of ether oxygens (including phenoxy) is 1. The van der Waals surface area contributed by atoms with Gasteiger partial charge in [-0.3, -0.25) is 4.99 Å². The Kier molecular flexibility index (Phi) is 8.63. The monoisotopic (exact) mass is 352 g/mol. The summed E-state index contributed by atoms with van der Waals surface area (Å²) in [5, 5.41) is 10.1. The molecule has 2 aromatic carbocycles. The lowest BCUT2D eigenvalue weighted by Gasteiger charge is -2.14. The molecule has 2 rings (SSSR count). The average Bonchev–Trinajstić information content (AvgIpc) is 2.70. The zero-order chi connectivity index (χ0) is 18.5. The highest BCUT2D eigenvalue weighted by Gasteiger charge is 2.04. The molecule has 5 nitrogen and oxygen atoms in total. The highest BCUT2D eigenvalue weighted by atomic mass is 16.5. The average molecular weight is 352 g/mol. The van der Waals surface area contributed by atoms with Crippen LogP contribution in [0.4, 0.5) is 5.69 Å². The summed E-state index contributed by atoms with van der Waals surface area (Å²) in [6.45, 7) is 6.58. The molecule has 0 heterocycles. The molecule has 26 heavy (non-hydrogen) atoms. The van der Waals surface area contributed by atoms with E-state index in [0.29, 0.717) is 13.2 Å². The zero-order valence-corrected chi connectivity index (χ0v) is 15.4. The molecule has 0 aliphatic carbocycles. The predicted octanol–water partition coefficient (Wildman–Crippen LogP) is 3.42. The number of para-hydroxylation sites is 2. The van der Waals surface area contributed by atoms with Gasteiger partial charge >= 0.3 is 0 Å². The van der Waals surface area contributed by atoms with Crippen LogP contribution >= 0.6 is 0 Å². The van der Waals surface area contributed by atoms with Crippen molar-refractivity contribution in [3.05, 3.63) is 72.8 Å². The van der Waals surface area contributed by atoms with E-state index in [1.807, 2.05) is 42.5 Å². The van der Waals surface area contributed by atoms with Crippen molar-refractivity contribution in [1.29, 1.82) is 0 Å². The Balaban J connectivity index is 1.70. The second kappa shape index (κ2) is 11.6. The van der Waals surface area contributed by atoms with Crippen molar-refractivity contribution in [3.8, 4) is 5.75 Å². The summed E-state index contributed by atoms with van der Waals surface area (Å²) in [4.78, 5) is 4.27. The Morgan fingerprint density at radius 2 is 1.81 bits per heavy atom. The second-order valence-corrected chi connectivity index (χ2v) is 5.71. The SMILES string of the molecule is C=CCOc1ccccc1CNC(=NC)NCCCNc1ccccc1. The summed E-state index contributed by atoms with van der Waals surface area (Å²) in [6, 6.07) is 18.2. The van der Waals surface area contributed by atoms with E-state index in [1.54, 1.807) is 13.1 Å². The molecule has 0 bridgehead atoms. The molecule has 2 aromatic rings. The van der Waals surface area contributed by atoms with Crippen LogP contribution in [-0.2, 0) is 6.54 Å². The van der Waals surface area contributed by atoms with Gasteiger partial charge in [0, 0.05) is 37.9 Å². The summed E-state index contributed by atoms with van der Waals surface area (Å²) >= 11 is 0. The quantitative estimate of drug-likeness (QED) is 0.265. The van der Waals surface area contributed by atoms with Crippen LogP contribution in [0.3, 0.4) is 0 Å². The van der Waals surface area contributed by atoms with Crippen molar-refractivity contribution in [2.75, 3.05) is 32.1 Å². The van der Waals surface area contributed by atoms with E-state index in [1.165, 1.54) is 0 Å². The fraction of sp³-hybridized carbons (Fsp3) is 0.286. The molecule has 0 aliphatic heterocycles. The second-order valence-electron chi connectivity index (χ2n) is 5.71. The molecule has 0 amide bonds. The van der Waals surface area contributed by atoms with Gasteiger partial charge in [0.2, 0.25) is 0 Å². The number of rotatable bonds is 10. The maximum Gasteiger partial charge on any atom is 0.191 e. The molecule has 0 atom stereocenters.